The molecule has 0 bridgehead atoms. The van der Waals surface area contributed by atoms with E-state index in [1.54, 1.807) is 6.20 Å². The van der Waals surface area contributed by atoms with Gasteiger partial charge >= 0.3 is 0 Å². The molecule has 1 aliphatic heterocycles. The molecule has 11 heteroatoms. The molecule has 0 atom stereocenters. The first-order valence-electron chi connectivity index (χ1n) is 12.1. The van der Waals surface area contributed by atoms with Crippen molar-refractivity contribution >= 4 is 34.1 Å². The molecule has 1 saturated heterocycles. The molecule has 0 unspecified atom stereocenters. The van der Waals surface area contributed by atoms with E-state index >= 15 is 0 Å². The van der Waals surface area contributed by atoms with Crippen molar-refractivity contribution in [1.29, 1.82) is 0 Å². The molecular weight excluding hydrogens is 459 g/mol. The third-order valence-electron chi connectivity index (χ3n) is 6.61. The molecule has 5 aromatic heterocycles. The number of nitrogens with one attached hydrogen (secondary N) is 2. The van der Waals surface area contributed by atoms with Crippen molar-refractivity contribution in [3.8, 4) is 11.4 Å². The molecule has 6 heterocycles. The quantitative estimate of drug-likeness (QED) is 0.390. The van der Waals surface area contributed by atoms with Gasteiger partial charge in [0.25, 0.3) is 0 Å². The Bertz CT molecular complexity index is 1590. The van der Waals surface area contributed by atoms with Crippen molar-refractivity contribution < 1.29 is 4.39 Å². The normalized spacial score (nSPS) is 16.1. The van der Waals surface area contributed by atoms with Crippen molar-refractivity contribution in [2.24, 2.45) is 0 Å². The summed E-state index contributed by atoms with van der Waals surface area (Å²) >= 11 is 0. The summed E-state index contributed by atoms with van der Waals surface area (Å²) < 4.78 is 15.0. The minimum Gasteiger partial charge on any atom is -0.353 e. The minimum atomic E-state index is -0.366. The number of pyridine rings is 3. The van der Waals surface area contributed by atoms with E-state index in [1.807, 2.05) is 24.5 Å². The molecule has 7 rings (SSSR count). The van der Waals surface area contributed by atoms with Gasteiger partial charge in [-0.2, -0.15) is 4.98 Å². The first kappa shape index (κ1) is 21.1. The standard InChI is InChI=1S/C25H23FN10/c26-17-4-8-36-21(12-17)32-25(34-36)31-20-11-16(3-5-29-20)23-30-19-14-28-13-18(15-1-2-15)22(19)24(33-23)35-9-6-27-7-10-35/h3-5,8,11-15,27H,1-2,6-7,9-10H2,(H,29,31,34). The van der Waals surface area contributed by atoms with E-state index in [2.05, 4.69) is 35.6 Å². The lowest BCUT2D eigenvalue weighted by molar-refractivity contribution is 0.586. The number of rotatable bonds is 5. The summed E-state index contributed by atoms with van der Waals surface area (Å²) in [5.74, 6) is 2.62. The molecule has 10 nitrogen and oxygen atoms in total. The van der Waals surface area contributed by atoms with Gasteiger partial charge in [0, 0.05) is 61.8 Å². The van der Waals surface area contributed by atoms with E-state index < -0.39 is 0 Å². The highest BCUT2D eigenvalue weighted by Gasteiger charge is 2.29. The van der Waals surface area contributed by atoms with Gasteiger partial charge in [0.05, 0.1) is 11.7 Å². The van der Waals surface area contributed by atoms with Crippen molar-refractivity contribution in [2.75, 3.05) is 36.4 Å². The molecule has 2 N–H and O–H groups in total. The summed E-state index contributed by atoms with van der Waals surface area (Å²) in [6, 6.07) is 6.42. The number of halogens is 1. The van der Waals surface area contributed by atoms with E-state index in [1.165, 1.54) is 41.3 Å². The Kier molecular flexibility index (Phi) is 4.95. The van der Waals surface area contributed by atoms with Crippen LogP contribution in [0.3, 0.4) is 0 Å². The molecule has 1 saturated carbocycles. The second-order valence-corrected chi connectivity index (χ2v) is 9.14. The fraction of sp³-hybridized carbons (Fsp3) is 0.280. The number of piperazine rings is 1. The lowest BCUT2D eigenvalue weighted by atomic mass is 10.1. The average molecular weight is 483 g/mol. The summed E-state index contributed by atoms with van der Waals surface area (Å²) in [6.45, 7) is 3.62. The van der Waals surface area contributed by atoms with E-state index in [9.17, 15) is 4.39 Å². The predicted octanol–water partition coefficient (Wildman–Crippen LogP) is 3.30. The molecule has 0 amide bonds. The van der Waals surface area contributed by atoms with Crippen LogP contribution in [0, 0.1) is 5.82 Å². The number of anilines is 3. The van der Waals surface area contributed by atoms with E-state index in [4.69, 9.17) is 9.97 Å². The number of fused-ring (bicyclic) bond motifs is 2. The Morgan fingerprint density at radius 3 is 2.78 bits per heavy atom. The van der Waals surface area contributed by atoms with Gasteiger partial charge < -0.3 is 15.5 Å². The van der Waals surface area contributed by atoms with Gasteiger partial charge in [-0.25, -0.2) is 23.9 Å². The maximum absolute atomic E-state index is 13.5. The smallest absolute Gasteiger partial charge is 0.248 e. The van der Waals surface area contributed by atoms with E-state index in [0.29, 0.717) is 29.2 Å². The minimum absolute atomic E-state index is 0.324. The number of nitrogens with zero attached hydrogens (tertiary/aromatic N) is 8. The van der Waals surface area contributed by atoms with Crippen molar-refractivity contribution in [2.45, 2.75) is 18.8 Å². The Morgan fingerprint density at radius 1 is 1.03 bits per heavy atom. The van der Waals surface area contributed by atoms with E-state index in [0.717, 1.165) is 48.5 Å². The lowest BCUT2D eigenvalue weighted by Gasteiger charge is -2.30. The molecule has 2 aliphatic rings. The number of aromatic nitrogens is 7. The Labute approximate surface area is 205 Å². The van der Waals surface area contributed by atoms with Crippen LogP contribution < -0.4 is 15.5 Å². The lowest BCUT2D eigenvalue weighted by Crippen LogP contribution is -2.44. The van der Waals surface area contributed by atoms with Gasteiger partial charge in [-0.3, -0.25) is 4.98 Å². The zero-order chi connectivity index (χ0) is 24.1. The first-order valence-corrected chi connectivity index (χ1v) is 12.1. The summed E-state index contributed by atoms with van der Waals surface area (Å²) in [5, 5.41) is 12.0. The highest BCUT2D eigenvalue weighted by Crippen LogP contribution is 2.44. The Morgan fingerprint density at radius 2 is 1.92 bits per heavy atom. The fourth-order valence-corrected chi connectivity index (χ4v) is 4.69. The van der Waals surface area contributed by atoms with Gasteiger partial charge in [0.1, 0.15) is 17.5 Å². The van der Waals surface area contributed by atoms with Crippen molar-refractivity contribution in [3.05, 3.63) is 60.4 Å². The molecule has 0 spiro atoms. The molecule has 0 aromatic carbocycles. The summed E-state index contributed by atoms with van der Waals surface area (Å²) in [5.41, 5.74) is 3.33. The fourth-order valence-electron chi connectivity index (χ4n) is 4.69. The molecule has 0 radical (unpaired) electrons. The maximum Gasteiger partial charge on any atom is 0.248 e. The molecule has 36 heavy (non-hydrogen) atoms. The van der Waals surface area contributed by atoms with Gasteiger partial charge in [-0.15, -0.1) is 5.10 Å². The summed E-state index contributed by atoms with van der Waals surface area (Å²) in [7, 11) is 0. The molecular formula is C25H23FN10. The average Bonchev–Trinajstić information content (AvgIpc) is 3.68. The molecule has 1 aliphatic carbocycles. The van der Waals surface area contributed by atoms with Gasteiger partial charge in [0.2, 0.25) is 5.95 Å². The highest BCUT2D eigenvalue weighted by atomic mass is 19.1. The van der Waals surface area contributed by atoms with Gasteiger partial charge in [-0.05, 0) is 42.5 Å². The van der Waals surface area contributed by atoms with Crippen LogP contribution in [0.5, 0.6) is 0 Å². The van der Waals surface area contributed by atoms with Crippen LogP contribution >= 0.6 is 0 Å². The maximum atomic E-state index is 13.5. The Hall–Kier alpha value is -4.25. The van der Waals surface area contributed by atoms with E-state index in [-0.39, 0.29) is 5.82 Å². The SMILES string of the molecule is Fc1ccn2nc(Nc3cc(-c4nc(N5CCNCC5)c5c(C6CC6)cncc5n4)ccn3)nc2c1. The first-order chi connectivity index (χ1) is 17.7. The Balaban J connectivity index is 1.29. The van der Waals surface area contributed by atoms with Crippen LogP contribution in [0.2, 0.25) is 0 Å². The topological polar surface area (TPSA) is 109 Å². The van der Waals surface area contributed by atoms with Crippen molar-refractivity contribution in [1.82, 2.24) is 39.9 Å². The van der Waals surface area contributed by atoms with Crippen LogP contribution in [-0.4, -0.2) is 60.7 Å². The number of hydrogen-bond donors (Lipinski definition) is 2. The zero-order valence-electron chi connectivity index (χ0n) is 19.4. The third kappa shape index (κ3) is 3.87. The zero-order valence-corrected chi connectivity index (χ0v) is 19.4. The van der Waals surface area contributed by atoms with Crippen LogP contribution in [0.4, 0.5) is 22.0 Å². The van der Waals surface area contributed by atoms with Crippen molar-refractivity contribution in [3.63, 3.8) is 0 Å². The molecule has 5 aromatic rings. The van der Waals surface area contributed by atoms with Crippen LogP contribution in [-0.2, 0) is 0 Å². The second-order valence-electron chi connectivity index (χ2n) is 9.14. The van der Waals surface area contributed by atoms with Gasteiger partial charge in [0.15, 0.2) is 11.5 Å². The highest BCUT2D eigenvalue weighted by molar-refractivity contribution is 5.94. The number of hydrogen-bond acceptors (Lipinski definition) is 9. The van der Waals surface area contributed by atoms with Crippen LogP contribution in [0.25, 0.3) is 27.9 Å². The summed E-state index contributed by atoms with van der Waals surface area (Å²) in [4.78, 5) is 25.6. The monoisotopic (exact) mass is 482 g/mol. The second kappa shape index (κ2) is 8.45. The van der Waals surface area contributed by atoms with Gasteiger partial charge in [-0.1, -0.05) is 0 Å². The van der Waals surface area contributed by atoms with Crippen LogP contribution in [0.1, 0.15) is 24.3 Å². The molecule has 180 valence electrons. The molecule has 2 fully saturated rings. The third-order valence-corrected chi connectivity index (χ3v) is 6.61. The van der Waals surface area contributed by atoms with Crippen LogP contribution in [0.15, 0.2) is 49.1 Å². The largest absolute Gasteiger partial charge is 0.353 e. The predicted molar refractivity (Wildman–Crippen MR) is 134 cm³/mol. The summed E-state index contributed by atoms with van der Waals surface area (Å²) in [6.07, 6.45) is 9.41.